The van der Waals surface area contributed by atoms with Gasteiger partial charge in [-0.2, -0.15) is 0 Å². The van der Waals surface area contributed by atoms with E-state index >= 15 is 0 Å². The summed E-state index contributed by atoms with van der Waals surface area (Å²) in [5, 5.41) is 12.0. The van der Waals surface area contributed by atoms with Gasteiger partial charge in [0, 0.05) is 25.6 Å². The fourth-order valence-corrected chi connectivity index (χ4v) is 2.37. The van der Waals surface area contributed by atoms with Gasteiger partial charge in [0.2, 0.25) is 5.91 Å². The molecule has 2 atom stereocenters. The van der Waals surface area contributed by atoms with Crippen molar-refractivity contribution in [2.75, 3.05) is 37.4 Å². The van der Waals surface area contributed by atoms with E-state index in [9.17, 15) is 4.79 Å². The summed E-state index contributed by atoms with van der Waals surface area (Å²) in [7, 11) is 0. The SMILES string of the molecule is CC1COC(CO)CN1CCC(=O)Nc1ccccc1N. The molecule has 1 amide bonds. The molecule has 2 unspecified atom stereocenters. The van der Waals surface area contributed by atoms with Crippen molar-refractivity contribution in [3.05, 3.63) is 24.3 Å². The van der Waals surface area contributed by atoms with Crippen LogP contribution in [0.2, 0.25) is 0 Å². The van der Waals surface area contributed by atoms with Crippen LogP contribution in [0, 0.1) is 0 Å². The summed E-state index contributed by atoms with van der Waals surface area (Å²) >= 11 is 0. The molecule has 0 bridgehead atoms. The van der Waals surface area contributed by atoms with Gasteiger partial charge in [-0.25, -0.2) is 0 Å². The van der Waals surface area contributed by atoms with Gasteiger partial charge in [-0.15, -0.1) is 0 Å². The minimum atomic E-state index is -0.158. The van der Waals surface area contributed by atoms with Gasteiger partial charge in [-0.1, -0.05) is 12.1 Å². The molecule has 1 aliphatic rings. The van der Waals surface area contributed by atoms with E-state index in [2.05, 4.69) is 17.1 Å². The van der Waals surface area contributed by atoms with E-state index in [0.717, 1.165) is 0 Å². The molecule has 0 aliphatic carbocycles. The Morgan fingerprint density at radius 2 is 2.29 bits per heavy atom. The van der Waals surface area contributed by atoms with Crippen molar-refractivity contribution >= 4 is 17.3 Å². The summed E-state index contributed by atoms with van der Waals surface area (Å²) in [6.45, 7) is 3.94. The number of para-hydroxylation sites is 2. The lowest BCUT2D eigenvalue weighted by Gasteiger charge is -2.37. The highest BCUT2D eigenvalue weighted by atomic mass is 16.5. The highest BCUT2D eigenvalue weighted by Gasteiger charge is 2.25. The van der Waals surface area contributed by atoms with E-state index in [1.807, 2.05) is 12.1 Å². The van der Waals surface area contributed by atoms with Crippen LogP contribution < -0.4 is 11.1 Å². The molecule has 2 rings (SSSR count). The number of ether oxygens (including phenoxy) is 1. The Hall–Kier alpha value is -1.63. The van der Waals surface area contributed by atoms with E-state index in [4.69, 9.17) is 15.6 Å². The number of nitrogens with two attached hydrogens (primary N) is 1. The first-order valence-electron chi connectivity index (χ1n) is 7.21. The molecule has 1 aromatic carbocycles. The second-order valence-electron chi connectivity index (χ2n) is 5.37. The monoisotopic (exact) mass is 293 g/mol. The number of hydrogen-bond donors (Lipinski definition) is 3. The van der Waals surface area contributed by atoms with Crippen LogP contribution in [0.1, 0.15) is 13.3 Å². The van der Waals surface area contributed by atoms with Crippen LogP contribution in [0.3, 0.4) is 0 Å². The standard InChI is InChI=1S/C15H23N3O3/c1-11-10-21-12(9-19)8-18(11)7-6-15(20)17-14-5-3-2-4-13(14)16/h2-5,11-12,19H,6-10,16H2,1H3,(H,17,20). The largest absolute Gasteiger partial charge is 0.397 e. The predicted octanol–water partition coefficient (Wildman–Crippen LogP) is 0.679. The lowest BCUT2D eigenvalue weighted by molar-refractivity contribution is -0.118. The normalized spacial score (nSPS) is 23.0. The molecular formula is C15H23N3O3. The average molecular weight is 293 g/mol. The molecule has 0 saturated carbocycles. The molecule has 116 valence electrons. The lowest BCUT2D eigenvalue weighted by Crippen LogP contribution is -2.50. The van der Waals surface area contributed by atoms with Gasteiger partial charge in [0.05, 0.1) is 30.7 Å². The summed E-state index contributed by atoms with van der Waals surface area (Å²) < 4.78 is 5.48. The van der Waals surface area contributed by atoms with Crippen LogP contribution >= 0.6 is 0 Å². The van der Waals surface area contributed by atoms with E-state index < -0.39 is 0 Å². The average Bonchev–Trinajstić information content (AvgIpc) is 2.49. The van der Waals surface area contributed by atoms with Crippen molar-refractivity contribution < 1.29 is 14.6 Å². The van der Waals surface area contributed by atoms with Crippen molar-refractivity contribution in [1.82, 2.24) is 4.90 Å². The number of carbonyl (C=O) groups excluding carboxylic acids is 1. The fraction of sp³-hybridized carbons (Fsp3) is 0.533. The second kappa shape index (κ2) is 7.40. The number of nitrogen functional groups attached to an aromatic ring is 1. The van der Waals surface area contributed by atoms with E-state index in [1.54, 1.807) is 12.1 Å². The number of amides is 1. The second-order valence-corrected chi connectivity index (χ2v) is 5.37. The molecule has 6 nitrogen and oxygen atoms in total. The molecule has 1 aromatic rings. The number of morpholine rings is 1. The van der Waals surface area contributed by atoms with E-state index in [0.29, 0.717) is 37.5 Å². The van der Waals surface area contributed by atoms with Crippen LogP contribution in [-0.2, 0) is 9.53 Å². The summed E-state index contributed by atoms with van der Waals surface area (Å²) in [5.74, 6) is -0.0628. The minimum Gasteiger partial charge on any atom is -0.397 e. The summed E-state index contributed by atoms with van der Waals surface area (Å²) in [5.41, 5.74) is 7.00. The number of aliphatic hydroxyl groups excluding tert-OH is 1. The number of rotatable bonds is 5. The molecule has 6 heteroatoms. The van der Waals surface area contributed by atoms with Crippen molar-refractivity contribution in [3.63, 3.8) is 0 Å². The molecule has 0 aromatic heterocycles. The maximum Gasteiger partial charge on any atom is 0.225 e. The van der Waals surface area contributed by atoms with Gasteiger partial charge < -0.3 is 20.9 Å². The molecule has 1 saturated heterocycles. The van der Waals surface area contributed by atoms with Gasteiger partial charge in [0.1, 0.15) is 0 Å². The number of hydrogen-bond acceptors (Lipinski definition) is 5. The Bertz CT molecular complexity index is 481. The first-order valence-corrected chi connectivity index (χ1v) is 7.21. The van der Waals surface area contributed by atoms with Crippen LogP contribution in [0.5, 0.6) is 0 Å². The van der Waals surface area contributed by atoms with Gasteiger partial charge in [0.25, 0.3) is 0 Å². The summed E-state index contributed by atoms with van der Waals surface area (Å²) in [6, 6.07) is 7.46. The van der Waals surface area contributed by atoms with Crippen molar-refractivity contribution in [3.8, 4) is 0 Å². The molecule has 21 heavy (non-hydrogen) atoms. The Kier molecular flexibility index (Phi) is 5.55. The topological polar surface area (TPSA) is 87.8 Å². The highest BCUT2D eigenvalue weighted by Crippen LogP contribution is 2.17. The van der Waals surface area contributed by atoms with Crippen LogP contribution in [0.15, 0.2) is 24.3 Å². The molecule has 1 fully saturated rings. The highest BCUT2D eigenvalue weighted by molar-refractivity contribution is 5.93. The third-order valence-electron chi connectivity index (χ3n) is 3.70. The minimum absolute atomic E-state index is 0.00989. The summed E-state index contributed by atoms with van der Waals surface area (Å²) in [6.07, 6.45) is 0.227. The maximum absolute atomic E-state index is 12.0. The Labute approximate surface area is 124 Å². The number of carbonyl (C=O) groups is 1. The number of nitrogens with one attached hydrogen (secondary N) is 1. The predicted molar refractivity (Wildman–Crippen MR) is 82.0 cm³/mol. The Morgan fingerprint density at radius 3 is 3.00 bits per heavy atom. The van der Waals surface area contributed by atoms with Crippen LogP contribution in [-0.4, -0.2) is 54.4 Å². The third kappa shape index (κ3) is 4.42. The number of nitrogens with zero attached hydrogens (tertiary/aromatic N) is 1. The number of aliphatic hydroxyl groups is 1. The summed E-state index contributed by atoms with van der Waals surface area (Å²) in [4.78, 5) is 14.2. The van der Waals surface area contributed by atoms with E-state index in [1.165, 1.54) is 0 Å². The zero-order chi connectivity index (χ0) is 15.2. The Balaban J connectivity index is 1.82. The van der Waals surface area contributed by atoms with Crippen molar-refractivity contribution in [2.24, 2.45) is 0 Å². The molecule has 4 N–H and O–H groups in total. The van der Waals surface area contributed by atoms with Crippen LogP contribution in [0.25, 0.3) is 0 Å². The van der Waals surface area contributed by atoms with Gasteiger partial charge in [0.15, 0.2) is 0 Å². The van der Waals surface area contributed by atoms with E-state index in [-0.39, 0.29) is 24.7 Å². The number of benzene rings is 1. The van der Waals surface area contributed by atoms with Gasteiger partial charge in [-0.05, 0) is 19.1 Å². The fourth-order valence-electron chi connectivity index (χ4n) is 2.37. The maximum atomic E-state index is 12.0. The lowest BCUT2D eigenvalue weighted by atomic mass is 10.2. The van der Waals surface area contributed by atoms with Gasteiger partial charge >= 0.3 is 0 Å². The van der Waals surface area contributed by atoms with Gasteiger partial charge in [-0.3, -0.25) is 9.69 Å². The zero-order valence-electron chi connectivity index (χ0n) is 12.3. The molecule has 1 aliphatic heterocycles. The molecule has 1 heterocycles. The smallest absolute Gasteiger partial charge is 0.225 e. The zero-order valence-corrected chi connectivity index (χ0v) is 12.3. The quantitative estimate of drug-likeness (QED) is 0.695. The first kappa shape index (κ1) is 15.8. The molecular weight excluding hydrogens is 270 g/mol. The van der Waals surface area contributed by atoms with Crippen molar-refractivity contribution in [2.45, 2.75) is 25.5 Å². The third-order valence-corrected chi connectivity index (χ3v) is 3.70. The molecule has 0 radical (unpaired) electrons. The number of anilines is 2. The van der Waals surface area contributed by atoms with Crippen LogP contribution in [0.4, 0.5) is 11.4 Å². The molecule has 0 spiro atoms. The Morgan fingerprint density at radius 1 is 1.52 bits per heavy atom. The van der Waals surface area contributed by atoms with Crippen molar-refractivity contribution in [1.29, 1.82) is 0 Å². The first-order chi connectivity index (χ1) is 10.1.